The Bertz CT molecular complexity index is 490. The van der Waals surface area contributed by atoms with Crippen LogP contribution in [-0.2, 0) is 4.79 Å². The van der Waals surface area contributed by atoms with Gasteiger partial charge >= 0.3 is 0 Å². The van der Waals surface area contributed by atoms with Gasteiger partial charge in [0.25, 0.3) is 0 Å². The SMILES string of the molecule is CC/C=C/C/C=C/CCC/C=C/C=C/C=C/CCCC(=O)N1CCCC1. The molecule has 1 rings (SSSR count). The van der Waals surface area contributed by atoms with Crippen LogP contribution < -0.4 is 0 Å². The van der Waals surface area contributed by atoms with Crippen LogP contribution in [0.4, 0.5) is 0 Å². The zero-order valence-electron chi connectivity index (χ0n) is 16.6. The molecule has 0 unspecified atom stereocenters. The Morgan fingerprint density at radius 3 is 2.08 bits per heavy atom. The molecule has 0 aromatic heterocycles. The first-order chi connectivity index (χ1) is 12.8. The molecule has 26 heavy (non-hydrogen) atoms. The van der Waals surface area contributed by atoms with E-state index in [9.17, 15) is 4.79 Å². The summed E-state index contributed by atoms with van der Waals surface area (Å²) >= 11 is 0. The molecule has 0 atom stereocenters. The second-order valence-electron chi connectivity index (χ2n) is 6.74. The van der Waals surface area contributed by atoms with Gasteiger partial charge in [-0.1, -0.05) is 67.7 Å². The number of carbonyl (C=O) groups is 1. The molecule has 0 N–H and O–H groups in total. The van der Waals surface area contributed by atoms with Crippen LogP contribution in [-0.4, -0.2) is 23.9 Å². The van der Waals surface area contributed by atoms with Gasteiger partial charge in [-0.3, -0.25) is 4.79 Å². The van der Waals surface area contributed by atoms with Crippen molar-refractivity contribution in [2.45, 2.75) is 71.1 Å². The van der Waals surface area contributed by atoms with E-state index in [-0.39, 0.29) is 0 Å². The van der Waals surface area contributed by atoms with E-state index in [1.54, 1.807) is 0 Å². The summed E-state index contributed by atoms with van der Waals surface area (Å²) in [5, 5.41) is 0. The summed E-state index contributed by atoms with van der Waals surface area (Å²) in [6.07, 6.45) is 32.3. The number of amides is 1. The standard InChI is InChI=1S/C24H37NO/c1-2-3-4-5-6-7-8-9-10-11-12-13-14-15-16-17-18-21-24(26)25-22-19-20-23-25/h3-4,6-7,11-16H,2,5,8-10,17-23H2,1H3/b4-3+,7-6+,12-11+,14-13+,16-15+. The molecule has 1 fully saturated rings. The maximum absolute atomic E-state index is 11.9. The Kier molecular flexibility index (Phi) is 14.2. The van der Waals surface area contributed by atoms with Crippen molar-refractivity contribution in [2.75, 3.05) is 13.1 Å². The third-order valence-electron chi connectivity index (χ3n) is 4.41. The summed E-state index contributed by atoms with van der Waals surface area (Å²) in [4.78, 5) is 13.9. The van der Waals surface area contributed by atoms with Crippen LogP contribution >= 0.6 is 0 Å². The van der Waals surface area contributed by atoms with Gasteiger partial charge in [0.2, 0.25) is 5.91 Å². The second kappa shape index (κ2) is 16.6. The van der Waals surface area contributed by atoms with E-state index < -0.39 is 0 Å². The summed E-state index contributed by atoms with van der Waals surface area (Å²) in [6.45, 7) is 4.10. The minimum Gasteiger partial charge on any atom is -0.343 e. The number of nitrogens with zero attached hydrogens (tertiary/aromatic N) is 1. The van der Waals surface area contributed by atoms with Crippen LogP contribution in [0.15, 0.2) is 60.8 Å². The first-order valence-electron chi connectivity index (χ1n) is 10.4. The third kappa shape index (κ3) is 12.5. The topological polar surface area (TPSA) is 20.3 Å². The molecule has 0 spiro atoms. The summed E-state index contributed by atoms with van der Waals surface area (Å²) in [7, 11) is 0. The lowest BCUT2D eigenvalue weighted by Gasteiger charge is -2.14. The number of likely N-dealkylation sites (tertiary alicyclic amines) is 1. The molecule has 1 amide bonds. The number of unbranched alkanes of at least 4 members (excludes halogenated alkanes) is 3. The van der Waals surface area contributed by atoms with Gasteiger partial charge in [0.15, 0.2) is 0 Å². The van der Waals surface area contributed by atoms with E-state index in [0.717, 1.165) is 51.6 Å². The van der Waals surface area contributed by atoms with Crippen LogP contribution in [0.2, 0.25) is 0 Å². The Labute approximate surface area is 161 Å². The van der Waals surface area contributed by atoms with Gasteiger partial charge in [0.1, 0.15) is 0 Å². The molecule has 1 aliphatic rings. The van der Waals surface area contributed by atoms with E-state index in [2.05, 4.69) is 67.7 Å². The van der Waals surface area contributed by atoms with Crippen molar-refractivity contribution in [3.8, 4) is 0 Å². The predicted octanol–water partition coefficient (Wildman–Crippen LogP) is 6.53. The van der Waals surface area contributed by atoms with Crippen molar-refractivity contribution >= 4 is 5.91 Å². The monoisotopic (exact) mass is 355 g/mol. The Hall–Kier alpha value is -1.83. The molecule has 2 nitrogen and oxygen atoms in total. The van der Waals surface area contributed by atoms with Gasteiger partial charge < -0.3 is 4.90 Å². The van der Waals surface area contributed by atoms with Crippen LogP contribution in [0, 0.1) is 0 Å². The van der Waals surface area contributed by atoms with Crippen LogP contribution in [0.25, 0.3) is 0 Å². The number of hydrogen-bond donors (Lipinski definition) is 0. The summed E-state index contributed by atoms with van der Waals surface area (Å²) in [5.74, 6) is 0.335. The number of hydrogen-bond acceptors (Lipinski definition) is 1. The summed E-state index contributed by atoms with van der Waals surface area (Å²) in [5.41, 5.74) is 0. The first-order valence-corrected chi connectivity index (χ1v) is 10.4. The van der Waals surface area contributed by atoms with Gasteiger partial charge in [-0.2, -0.15) is 0 Å². The highest BCUT2D eigenvalue weighted by Crippen LogP contribution is 2.10. The molecule has 1 aliphatic heterocycles. The van der Waals surface area contributed by atoms with Gasteiger partial charge in [0, 0.05) is 19.5 Å². The van der Waals surface area contributed by atoms with Crippen molar-refractivity contribution in [1.82, 2.24) is 4.90 Å². The van der Waals surface area contributed by atoms with Crippen molar-refractivity contribution in [3.05, 3.63) is 60.8 Å². The minimum absolute atomic E-state index is 0.335. The highest BCUT2D eigenvalue weighted by atomic mass is 16.2. The lowest BCUT2D eigenvalue weighted by Crippen LogP contribution is -2.27. The maximum atomic E-state index is 11.9. The molecule has 0 saturated carbocycles. The molecule has 0 radical (unpaired) electrons. The molecule has 144 valence electrons. The van der Waals surface area contributed by atoms with E-state index in [4.69, 9.17) is 0 Å². The average molecular weight is 356 g/mol. The molecule has 1 saturated heterocycles. The Morgan fingerprint density at radius 2 is 1.38 bits per heavy atom. The normalized spacial score (nSPS) is 15.8. The fourth-order valence-electron chi connectivity index (χ4n) is 2.88. The number of allylic oxidation sites excluding steroid dienone is 10. The highest BCUT2D eigenvalue weighted by Gasteiger charge is 2.16. The van der Waals surface area contributed by atoms with Gasteiger partial charge in [-0.05, 0) is 57.8 Å². The van der Waals surface area contributed by atoms with E-state index in [1.165, 1.54) is 19.3 Å². The largest absolute Gasteiger partial charge is 0.343 e. The zero-order chi connectivity index (χ0) is 18.7. The van der Waals surface area contributed by atoms with Gasteiger partial charge in [0.05, 0.1) is 0 Å². The molecular weight excluding hydrogens is 318 g/mol. The Balaban J connectivity index is 1.94. The molecule has 0 aromatic carbocycles. The summed E-state index contributed by atoms with van der Waals surface area (Å²) in [6, 6.07) is 0. The highest BCUT2D eigenvalue weighted by molar-refractivity contribution is 5.76. The minimum atomic E-state index is 0.335. The van der Waals surface area contributed by atoms with Crippen LogP contribution in [0.3, 0.4) is 0 Å². The molecular formula is C24H37NO. The van der Waals surface area contributed by atoms with Gasteiger partial charge in [-0.15, -0.1) is 0 Å². The smallest absolute Gasteiger partial charge is 0.222 e. The van der Waals surface area contributed by atoms with Crippen molar-refractivity contribution < 1.29 is 4.79 Å². The number of carbonyl (C=O) groups excluding carboxylic acids is 1. The fourth-order valence-corrected chi connectivity index (χ4v) is 2.88. The number of rotatable bonds is 13. The predicted molar refractivity (Wildman–Crippen MR) is 114 cm³/mol. The molecule has 0 bridgehead atoms. The first kappa shape index (κ1) is 22.2. The molecule has 0 aromatic rings. The fraction of sp³-hybridized carbons (Fsp3) is 0.542. The van der Waals surface area contributed by atoms with Crippen molar-refractivity contribution in [1.29, 1.82) is 0 Å². The van der Waals surface area contributed by atoms with Gasteiger partial charge in [-0.25, -0.2) is 0 Å². The maximum Gasteiger partial charge on any atom is 0.222 e. The van der Waals surface area contributed by atoms with Crippen LogP contribution in [0.5, 0.6) is 0 Å². The van der Waals surface area contributed by atoms with E-state index in [1.807, 2.05) is 4.90 Å². The second-order valence-corrected chi connectivity index (χ2v) is 6.74. The molecule has 2 heteroatoms. The lowest BCUT2D eigenvalue weighted by molar-refractivity contribution is -0.130. The lowest BCUT2D eigenvalue weighted by atomic mass is 10.2. The Morgan fingerprint density at radius 1 is 0.769 bits per heavy atom. The molecule has 1 heterocycles. The molecule has 0 aliphatic carbocycles. The quantitative estimate of drug-likeness (QED) is 0.209. The van der Waals surface area contributed by atoms with Crippen molar-refractivity contribution in [3.63, 3.8) is 0 Å². The third-order valence-corrected chi connectivity index (χ3v) is 4.41. The van der Waals surface area contributed by atoms with E-state index in [0.29, 0.717) is 12.3 Å². The zero-order valence-corrected chi connectivity index (χ0v) is 16.6. The van der Waals surface area contributed by atoms with E-state index >= 15 is 0 Å². The van der Waals surface area contributed by atoms with Crippen molar-refractivity contribution in [2.24, 2.45) is 0 Å². The van der Waals surface area contributed by atoms with Crippen LogP contribution in [0.1, 0.15) is 71.1 Å². The summed E-state index contributed by atoms with van der Waals surface area (Å²) < 4.78 is 0. The average Bonchev–Trinajstić information content (AvgIpc) is 3.19.